The Kier molecular flexibility index (Phi) is 3.62. The number of fused-ring (bicyclic) bond motifs is 1. The topological polar surface area (TPSA) is 50.4 Å². The van der Waals surface area contributed by atoms with Crippen LogP contribution in [0.1, 0.15) is 62.4 Å². The average molecular weight is 272 g/mol. The molecule has 20 heavy (non-hydrogen) atoms. The highest BCUT2D eigenvalue weighted by Crippen LogP contribution is 2.34. The number of benzene rings is 1. The monoisotopic (exact) mass is 272 g/mol. The van der Waals surface area contributed by atoms with Gasteiger partial charge in [0.05, 0.1) is 11.5 Å². The first kappa shape index (κ1) is 13.4. The zero-order valence-corrected chi connectivity index (χ0v) is 11.8. The quantitative estimate of drug-likeness (QED) is 0.902. The van der Waals surface area contributed by atoms with Gasteiger partial charge in [-0.05, 0) is 25.8 Å². The molecule has 1 aliphatic carbocycles. The lowest BCUT2D eigenvalue weighted by molar-refractivity contribution is 0.199. The Labute approximate surface area is 118 Å². The lowest BCUT2D eigenvalue weighted by Crippen LogP contribution is -2.10. The van der Waals surface area contributed by atoms with Crippen LogP contribution in [0.3, 0.4) is 0 Å². The van der Waals surface area contributed by atoms with Crippen LogP contribution in [0, 0.1) is 0 Å². The number of para-hydroxylation sites is 1. The Bertz CT molecular complexity index is 663. The molecule has 1 atom stereocenters. The molecule has 1 saturated carbocycles. The molecule has 1 unspecified atom stereocenters. The molecule has 0 aliphatic heterocycles. The molecule has 1 N–H and O–H groups in total. The molecule has 0 bridgehead atoms. The summed E-state index contributed by atoms with van der Waals surface area (Å²) in [5.74, 6) is 1.14. The van der Waals surface area contributed by atoms with Gasteiger partial charge in [-0.25, -0.2) is 0 Å². The van der Waals surface area contributed by atoms with Gasteiger partial charge in [-0.1, -0.05) is 31.4 Å². The van der Waals surface area contributed by atoms with Crippen molar-refractivity contribution in [3.8, 4) is 0 Å². The minimum Gasteiger partial charge on any atom is -0.460 e. The second kappa shape index (κ2) is 5.41. The van der Waals surface area contributed by atoms with Crippen molar-refractivity contribution in [2.24, 2.45) is 0 Å². The van der Waals surface area contributed by atoms with E-state index < -0.39 is 6.10 Å². The highest BCUT2D eigenvalue weighted by atomic mass is 16.3. The molecule has 3 rings (SSSR count). The van der Waals surface area contributed by atoms with Crippen LogP contribution in [0.5, 0.6) is 0 Å². The predicted molar refractivity (Wildman–Crippen MR) is 78.9 cm³/mol. The molecular formula is C17H20O3. The van der Waals surface area contributed by atoms with E-state index >= 15 is 0 Å². The summed E-state index contributed by atoms with van der Waals surface area (Å²) >= 11 is 0. The second-order valence-corrected chi connectivity index (χ2v) is 5.75. The van der Waals surface area contributed by atoms with Crippen LogP contribution in [0.4, 0.5) is 0 Å². The van der Waals surface area contributed by atoms with E-state index in [-0.39, 0.29) is 5.43 Å². The zero-order valence-electron chi connectivity index (χ0n) is 11.8. The highest BCUT2D eigenvalue weighted by Gasteiger charge is 2.20. The third-order valence-corrected chi connectivity index (χ3v) is 4.26. The Morgan fingerprint density at radius 2 is 2.00 bits per heavy atom. The van der Waals surface area contributed by atoms with Crippen LogP contribution in [-0.2, 0) is 0 Å². The molecule has 1 heterocycles. The van der Waals surface area contributed by atoms with Gasteiger partial charge >= 0.3 is 0 Å². The van der Waals surface area contributed by atoms with E-state index in [1.54, 1.807) is 25.1 Å². The van der Waals surface area contributed by atoms with Crippen LogP contribution in [0.25, 0.3) is 11.0 Å². The first-order valence-corrected chi connectivity index (χ1v) is 7.41. The molecule has 1 aliphatic rings. The molecule has 1 aromatic carbocycles. The SMILES string of the molecule is CC(O)c1cccc2c(=O)cc(C3CCCCC3)oc12. The zero-order chi connectivity index (χ0) is 14.1. The van der Waals surface area contributed by atoms with E-state index in [0.717, 1.165) is 18.6 Å². The fraction of sp³-hybridized carbons (Fsp3) is 0.471. The van der Waals surface area contributed by atoms with E-state index in [9.17, 15) is 9.90 Å². The van der Waals surface area contributed by atoms with Gasteiger partial charge in [-0.15, -0.1) is 0 Å². The third kappa shape index (κ3) is 2.38. The third-order valence-electron chi connectivity index (χ3n) is 4.26. The van der Waals surface area contributed by atoms with Crippen LogP contribution in [-0.4, -0.2) is 5.11 Å². The van der Waals surface area contributed by atoms with Crippen LogP contribution in [0.15, 0.2) is 33.5 Å². The largest absolute Gasteiger partial charge is 0.460 e. The highest BCUT2D eigenvalue weighted by molar-refractivity contribution is 5.80. The van der Waals surface area contributed by atoms with Gasteiger partial charge in [-0.2, -0.15) is 0 Å². The summed E-state index contributed by atoms with van der Waals surface area (Å²) in [5.41, 5.74) is 1.24. The van der Waals surface area contributed by atoms with Crippen LogP contribution >= 0.6 is 0 Å². The molecule has 1 aromatic heterocycles. The molecule has 0 spiro atoms. The molecule has 3 heteroatoms. The maximum Gasteiger partial charge on any atom is 0.192 e. The van der Waals surface area contributed by atoms with E-state index in [4.69, 9.17) is 4.42 Å². The fourth-order valence-electron chi connectivity index (χ4n) is 3.13. The molecule has 3 nitrogen and oxygen atoms in total. The Balaban J connectivity index is 2.16. The number of hydrogen-bond acceptors (Lipinski definition) is 3. The van der Waals surface area contributed by atoms with Crippen molar-refractivity contribution in [2.75, 3.05) is 0 Å². The van der Waals surface area contributed by atoms with Gasteiger partial charge in [0, 0.05) is 17.5 Å². The molecule has 106 valence electrons. The second-order valence-electron chi connectivity index (χ2n) is 5.75. The summed E-state index contributed by atoms with van der Waals surface area (Å²) in [6, 6.07) is 7.02. The molecule has 1 fully saturated rings. The minimum absolute atomic E-state index is 0.00526. The summed E-state index contributed by atoms with van der Waals surface area (Å²) in [7, 11) is 0. The van der Waals surface area contributed by atoms with Gasteiger partial charge in [0.15, 0.2) is 5.43 Å². The smallest absolute Gasteiger partial charge is 0.192 e. The summed E-state index contributed by atoms with van der Waals surface area (Å²) in [4.78, 5) is 12.3. The van der Waals surface area contributed by atoms with Crippen LogP contribution < -0.4 is 5.43 Å². The Morgan fingerprint density at radius 3 is 2.70 bits per heavy atom. The predicted octanol–water partition coefficient (Wildman–Crippen LogP) is 3.89. The lowest BCUT2D eigenvalue weighted by Gasteiger charge is -2.21. The van der Waals surface area contributed by atoms with Crippen LogP contribution in [0.2, 0.25) is 0 Å². The van der Waals surface area contributed by atoms with Crippen molar-refractivity contribution in [1.29, 1.82) is 0 Å². The van der Waals surface area contributed by atoms with E-state index in [1.807, 2.05) is 6.07 Å². The molecule has 0 radical (unpaired) electrons. The summed E-state index contributed by atoms with van der Waals surface area (Å²) in [6.45, 7) is 1.70. The molecule has 0 amide bonds. The van der Waals surface area contributed by atoms with Crippen molar-refractivity contribution < 1.29 is 9.52 Å². The summed E-state index contributed by atoms with van der Waals surface area (Å²) in [6.07, 6.45) is 5.21. The first-order valence-electron chi connectivity index (χ1n) is 7.41. The minimum atomic E-state index is -0.636. The van der Waals surface area contributed by atoms with Gasteiger partial charge in [-0.3, -0.25) is 4.79 Å². The van der Waals surface area contributed by atoms with Crippen molar-refractivity contribution in [3.63, 3.8) is 0 Å². The van der Waals surface area contributed by atoms with Gasteiger partial charge in [0.2, 0.25) is 0 Å². The van der Waals surface area contributed by atoms with E-state index in [0.29, 0.717) is 22.5 Å². The molecule has 2 aromatic rings. The van der Waals surface area contributed by atoms with Crippen molar-refractivity contribution in [3.05, 3.63) is 45.8 Å². The van der Waals surface area contributed by atoms with Crippen molar-refractivity contribution in [2.45, 2.75) is 51.0 Å². The van der Waals surface area contributed by atoms with Crippen molar-refractivity contribution in [1.82, 2.24) is 0 Å². The number of aliphatic hydroxyl groups excluding tert-OH is 1. The summed E-state index contributed by atoms with van der Waals surface area (Å²) in [5, 5.41) is 10.4. The van der Waals surface area contributed by atoms with Gasteiger partial charge < -0.3 is 9.52 Å². The lowest BCUT2D eigenvalue weighted by atomic mass is 9.87. The average Bonchev–Trinajstić information content (AvgIpc) is 2.47. The maximum atomic E-state index is 12.3. The number of aliphatic hydroxyl groups is 1. The first-order chi connectivity index (χ1) is 9.66. The van der Waals surface area contributed by atoms with E-state index in [1.165, 1.54) is 19.3 Å². The van der Waals surface area contributed by atoms with Gasteiger partial charge in [0.1, 0.15) is 11.3 Å². The number of hydrogen-bond donors (Lipinski definition) is 1. The fourth-order valence-corrected chi connectivity index (χ4v) is 3.13. The standard InChI is InChI=1S/C17H20O3/c1-11(18)13-8-5-9-14-15(19)10-16(20-17(13)14)12-6-3-2-4-7-12/h5,8-12,18H,2-4,6-7H2,1H3. The maximum absolute atomic E-state index is 12.3. The molecule has 0 saturated heterocycles. The normalized spacial score (nSPS) is 18.3. The molecular weight excluding hydrogens is 252 g/mol. The van der Waals surface area contributed by atoms with Gasteiger partial charge in [0.25, 0.3) is 0 Å². The Hall–Kier alpha value is -1.61. The Morgan fingerprint density at radius 1 is 1.25 bits per heavy atom. The van der Waals surface area contributed by atoms with E-state index in [2.05, 4.69) is 0 Å². The summed E-state index contributed by atoms with van der Waals surface area (Å²) < 4.78 is 6.01. The van der Waals surface area contributed by atoms with Crippen molar-refractivity contribution >= 4 is 11.0 Å². The number of rotatable bonds is 2.